The van der Waals surface area contributed by atoms with E-state index < -0.39 is 77.8 Å². The Morgan fingerprint density at radius 3 is 2.21 bits per heavy atom. The molecule has 0 unspecified atom stereocenters. The Kier molecular flexibility index (Phi) is 22.5. The van der Waals surface area contributed by atoms with Gasteiger partial charge in [-0.15, -0.1) is 0 Å². The van der Waals surface area contributed by atoms with E-state index in [1.807, 2.05) is 37.8 Å². The Bertz CT molecular complexity index is 1800. The first kappa shape index (κ1) is 57.8. The number of esters is 1. The fourth-order valence-electron chi connectivity index (χ4n) is 11.7. The molecule has 2 amide bonds. The molecule has 3 saturated heterocycles. The number of amides is 2. The highest BCUT2D eigenvalue weighted by Gasteiger charge is 2.56. The van der Waals surface area contributed by atoms with Crippen molar-refractivity contribution in [2.24, 2.45) is 35.5 Å². The molecule has 2 bridgehead atoms. The molecule has 5 aliphatic rings. The number of methoxy groups -OCH3 is 3. The van der Waals surface area contributed by atoms with Crippen LogP contribution in [0.3, 0.4) is 0 Å². The first-order chi connectivity index (χ1) is 33.4. The van der Waals surface area contributed by atoms with Gasteiger partial charge >= 0.3 is 5.97 Å². The highest BCUT2D eigenvalue weighted by Crippen LogP contribution is 2.39. The molecule has 4 heterocycles. The van der Waals surface area contributed by atoms with Crippen molar-refractivity contribution in [3.05, 3.63) is 23.3 Å². The Morgan fingerprint density at radius 1 is 0.871 bits per heavy atom. The topological polar surface area (TPSA) is 228 Å². The van der Waals surface area contributed by atoms with E-state index in [1.54, 1.807) is 21.0 Å². The lowest BCUT2D eigenvalue weighted by Gasteiger charge is -2.47. The van der Waals surface area contributed by atoms with E-state index in [1.165, 1.54) is 19.1 Å². The van der Waals surface area contributed by atoms with Crippen LogP contribution in [-0.2, 0) is 52.4 Å². The number of ether oxygens (including phenoxy) is 6. The first-order valence-electron chi connectivity index (χ1n) is 26.1. The Balaban J connectivity index is 1.50. The minimum atomic E-state index is -2.55. The number of nitrogens with zero attached hydrogens (tertiary/aromatic N) is 2. The van der Waals surface area contributed by atoms with Crippen molar-refractivity contribution >= 4 is 29.4 Å². The lowest BCUT2D eigenvalue weighted by molar-refractivity contribution is -0.302. The summed E-state index contributed by atoms with van der Waals surface area (Å²) in [6, 6.07) is -1.18. The largest absolute Gasteiger partial charge is 0.456 e. The molecule has 4 fully saturated rings. The van der Waals surface area contributed by atoms with Gasteiger partial charge in [-0.05, 0) is 121 Å². The second-order valence-electron chi connectivity index (χ2n) is 21.2. The Morgan fingerprint density at radius 2 is 1.56 bits per heavy atom. The molecule has 4 aliphatic heterocycles. The fourth-order valence-corrected chi connectivity index (χ4v) is 11.7. The van der Waals surface area contributed by atoms with E-state index in [4.69, 9.17) is 28.4 Å². The van der Waals surface area contributed by atoms with Crippen LogP contribution in [0.1, 0.15) is 131 Å². The predicted molar refractivity (Wildman–Crippen MR) is 259 cm³/mol. The molecule has 5 rings (SSSR count). The van der Waals surface area contributed by atoms with Gasteiger partial charge in [-0.1, -0.05) is 38.5 Å². The summed E-state index contributed by atoms with van der Waals surface area (Å²) >= 11 is 0. The molecule has 1 saturated carbocycles. The number of hydrogen-bond acceptors (Lipinski definition) is 15. The molecule has 0 radical (unpaired) electrons. The van der Waals surface area contributed by atoms with Crippen LogP contribution in [0, 0.1) is 35.5 Å². The van der Waals surface area contributed by atoms with Gasteiger partial charge in [0.25, 0.3) is 11.7 Å². The van der Waals surface area contributed by atoms with Crippen LogP contribution in [-0.4, -0.2) is 175 Å². The molecular formula is C53H86N2O15. The molecule has 1 aliphatic carbocycles. The van der Waals surface area contributed by atoms with Gasteiger partial charge in [-0.3, -0.25) is 19.2 Å². The standard InChI is InChI=1S/C53H86N2O15/c1-32-24-33(2)26-45(66-7)49-46(67-8)28-35(4)53(64,70-49)50(61)51(62)55-19-10-9-13-40(55)52(63)69-48(34(3)27-38-15-16-43(68-23-22-56)44(29-38)65-6)36(5)41(58)30-42(59)39(25-32)12-11-14-47(60)54-20-17-37(31-57)18-21-54/h25,27,33,35-41,43-46,48-49,56-58,64H,9-24,26,28-31H2,1-8H3/b32-25+,34-27+/t33-,35+,36+,38-,39+,40-,41-,43+,44+,45-,46-,48+,49+,53+/m0/s1. The lowest BCUT2D eigenvalue weighted by atomic mass is 9.81. The second-order valence-corrected chi connectivity index (χ2v) is 21.2. The number of Topliss-reactive ketones (excluding diaryl/α,β-unsaturated/α-hetero) is 2. The minimum absolute atomic E-state index is 0.00978. The van der Waals surface area contributed by atoms with Crippen molar-refractivity contribution in [2.75, 3.05) is 60.8 Å². The van der Waals surface area contributed by atoms with Crippen molar-refractivity contribution in [2.45, 2.75) is 185 Å². The molecule has 17 heteroatoms. The third-order valence-electron chi connectivity index (χ3n) is 16.0. The van der Waals surface area contributed by atoms with Crippen LogP contribution in [0.4, 0.5) is 0 Å². The number of carbonyl (C=O) groups is 5. The first-order valence-corrected chi connectivity index (χ1v) is 26.1. The van der Waals surface area contributed by atoms with Gasteiger partial charge in [0.05, 0.1) is 43.7 Å². The highest BCUT2D eigenvalue weighted by atomic mass is 16.7. The third kappa shape index (κ3) is 14.8. The monoisotopic (exact) mass is 991 g/mol. The summed E-state index contributed by atoms with van der Waals surface area (Å²) in [6.45, 7) is 10.6. The molecule has 0 aromatic heterocycles. The SMILES string of the molecule is CO[C@H]1C[C@@H](C)C/C(C)=C/[C@@H](CCCC(=O)N2CCC(CO)CC2)C(=O)C[C@H](O)[C@@H](C)[C@@H](/C(C)=C/[C@@H]2CC[C@@H](OCCO)[C@H](OC)C2)OC(=O)[C@@H]2CCCCN2C(=O)C(=O)[C@]2(O)O[C@H]1[C@@H](OC)C[C@H]2C. The van der Waals surface area contributed by atoms with E-state index in [0.29, 0.717) is 76.5 Å². The Hall–Kier alpha value is -3.13. The summed E-state index contributed by atoms with van der Waals surface area (Å²) in [6.07, 6.45) is 5.63. The summed E-state index contributed by atoms with van der Waals surface area (Å²) in [5.41, 5.74) is 1.55. The number of cyclic esters (lactones) is 1. The van der Waals surface area contributed by atoms with Crippen molar-refractivity contribution < 1.29 is 72.8 Å². The van der Waals surface area contributed by atoms with Crippen molar-refractivity contribution in [3.8, 4) is 0 Å². The molecule has 398 valence electrons. The van der Waals surface area contributed by atoms with E-state index in [0.717, 1.165) is 18.4 Å². The smallest absolute Gasteiger partial charge is 0.329 e. The average Bonchev–Trinajstić information content (AvgIpc) is 3.35. The third-order valence-corrected chi connectivity index (χ3v) is 16.0. The number of carbonyl (C=O) groups excluding carboxylic acids is 5. The number of hydrogen-bond donors (Lipinski definition) is 4. The maximum Gasteiger partial charge on any atom is 0.329 e. The average molecular weight is 991 g/mol. The summed E-state index contributed by atoms with van der Waals surface area (Å²) in [7, 11) is 4.65. The number of aliphatic hydroxyl groups is 4. The van der Waals surface area contributed by atoms with Crippen molar-refractivity contribution in [1.29, 1.82) is 0 Å². The summed E-state index contributed by atoms with van der Waals surface area (Å²) in [4.78, 5) is 74.3. The zero-order valence-corrected chi connectivity index (χ0v) is 43.3. The van der Waals surface area contributed by atoms with Crippen LogP contribution < -0.4 is 0 Å². The van der Waals surface area contributed by atoms with Crippen molar-refractivity contribution in [1.82, 2.24) is 9.80 Å². The summed E-state index contributed by atoms with van der Waals surface area (Å²) in [5.74, 6) is -7.97. The zero-order valence-electron chi connectivity index (χ0n) is 43.3. The Labute approximate surface area is 415 Å². The molecular weight excluding hydrogens is 905 g/mol. The quantitative estimate of drug-likeness (QED) is 0.113. The van der Waals surface area contributed by atoms with Crippen molar-refractivity contribution in [3.63, 3.8) is 0 Å². The lowest BCUT2D eigenvalue weighted by Crippen LogP contribution is -2.64. The molecule has 14 atom stereocenters. The van der Waals surface area contributed by atoms with Crippen LogP contribution in [0.25, 0.3) is 0 Å². The van der Waals surface area contributed by atoms with Gasteiger partial charge in [-0.25, -0.2) is 4.79 Å². The number of rotatable bonds is 13. The van der Waals surface area contributed by atoms with E-state index >= 15 is 0 Å². The van der Waals surface area contributed by atoms with E-state index in [2.05, 4.69) is 0 Å². The van der Waals surface area contributed by atoms with E-state index in [9.17, 15) is 44.4 Å². The molecule has 4 N–H and O–H groups in total. The fraction of sp³-hybridized carbons (Fsp3) is 0.830. The zero-order chi connectivity index (χ0) is 51.3. The van der Waals surface area contributed by atoms with Crippen LogP contribution in [0.15, 0.2) is 23.3 Å². The maximum atomic E-state index is 14.6. The predicted octanol–water partition coefficient (Wildman–Crippen LogP) is 4.48. The molecule has 0 spiro atoms. The van der Waals surface area contributed by atoms with Gasteiger partial charge in [0.1, 0.15) is 24.0 Å². The maximum absolute atomic E-state index is 14.6. The van der Waals surface area contributed by atoms with Gasteiger partial charge in [0.2, 0.25) is 11.7 Å². The van der Waals surface area contributed by atoms with E-state index in [-0.39, 0.29) is 93.7 Å². The number of ketones is 2. The summed E-state index contributed by atoms with van der Waals surface area (Å²) in [5, 5.41) is 43.3. The molecule has 17 nitrogen and oxygen atoms in total. The van der Waals surface area contributed by atoms with Crippen LogP contribution in [0.2, 0.25) is 0 Å². The number of fused-ring (bicyclic) bond motifs is 3. The van der Waals surface area contributed by atoms with Gasteiger partial charge in [0.15, 0.2) is 0 Å². The number of piperidine rings is 2. The van der Waals surface area contributed by atoms with Gasteiger partial charge in [-0.2, -0.15) is 0 Å². The normalized spacial score (nSPS) is 37.2. The minimum Gasteiger partial charge on any atom is -0.456 e. The number of allylic oxidation sites excluding steroid dienone is 3. The molecule has 0 aromatic carbocycles. The number of likely N-dealkylation sites (tertiary alicyclic amines) is 1. The molecule has 0 aromatic rings. The highest BCUT2D eigenvalue weighted by molar-refractivity contribution is 6.39. The van der Waals surface area contributed by atoms with Gasteiger partial charge < -0.3 is 58.6 Å². The summed E-state index contributed by atoms with van der Waals surface area (Å²) < 4.78 is 36.2. The number of aliphatic hydroxyl groups excluding tert-OH is 3. The van der Waals surface area contributed by atoms with Crippen LogP contribution in [0.5, 0.6) is 0 Å². The molecule has 70 heavy (non-hydrogen) atoms. The second kappa shape index (κ2) is 27.2. The van der Waals surface area contributed by atoms with Gasteiger partial charge in [0, 0.05) is 78.2 Å². The van der Waals surface area contributed by atoms with Crippen LogP contribution >= 0.6 is 0 Å².